The fourth-order valence-corrected chi connectivity index (χ4v) is 2.59. The number of rotatable bonds is 6. The molecule has 0 aliphatic heterocycles. The van der Waals surface area contributed by atoms with Crippen LogP contribution in [-0.4, -0.2) is 26.7 Å². The van der Waals surface area contributed by atoms with Gasteiger partial charge in [0, 0.05) is 30.6 Å². The van der Waals surface area contributed by atoms with E-state index >= 15 is 0 Å². The monoisotopic (exact) mass is 350 g/mol. The fraction of sp³-hybridized carbons (Fsp3) is 0.300. The maximum atomic E-state index is 12.5. The second-order valence-corrected chi connectivity index (χ2v) is 6.28. The van der Waals surface area contributed by atoms with E-state index in [9.17, 15) is 4.79 Å². The van der Waals surface area contributed by atoms with Crippen molar-refractivity contribution in [2.45, 2.75) is 39.2 Å². The highest BCUT2D eigenvalue weighted by Crippen LogP contribution is 2.15. The molecule has 6 heteroatoms. The van der Waals surface area contributed by atoms with Crippen molar-refractivity contribution in [3.05, 3.63) is 66.1 Å². The lowest BCUT2D eigenvalue weighted by atomic mass is 10.2. The van der Waals surface area contributed by atoms with Gasteiger partial charge in [-0.05, 0) is 32.4 Å². The molecule has 2 aromatic heterocycles. The number of carbonyl (C=O) groups is 1. The maximum absolute atomic E-state index is 12.5. The van der Waals surface area contributed by atoms with Gasteiger partial charge in [-0.2, -0.15) is 4.98 Å². The Kier molecular flexibility index (Phi) is 5.73. The average molecular weight is 350 g/mol. The van der Waals surface area contributed by atoms with Gasteiger partial charge in [0.15, 0.2) is 0 Å². The van der Waals surface area contributed by atoms with Crippen molar-refractivity contribution in [1.29, 1.82) is 0 Å². The lowest BCUT2D eigenvalue weighted by Crippen LogP contribution is -2.27. The van der Waals surface area contributed by atoms with Gasteiger partial charge >= 0.3 is 0 Å². The van der Waals surface area contributed by atoms with Crippen molar-refractivity contribution in [2.75, 3.05) is 0 Å². The summed E-state index contributed by atoms with van der Waals surface area (Å²) in [7, 11) is 0. The lowest BCUT2D eigenvalue weighted by Gasteiger charge is -2.06. The van der Waals surface area contributed by atoms with Gasteiger partial charge in [0.25, 0.3) is 0 Å². The molecule has 2 heterocycles. The molecule has 0 bridgehead atoms. The van der Waals surface area contributed by atoms with E-state index in [0.29, 0.717) is 36.5 Å². The smallest absolute Gasteiger partial charge is 0.232 e. The predicted molar refractivity (Wildman–Crippen MR) is 98.4 cm³/mol. The largest absolute Gasteiger partial charge is 0.339 e. The van der Waals surface area contributed by atoms with Crippen LogP contribution < -0.4 is 5.49 Å². The van der Waals surface area contributed by atoms with Gasteiger partial charge in [0.2, 0.25) is 17.6 Å². The van der Waals surface area contributed by atoms with Gasteiger partial charge in [-0.25, -0.2) is 0 Å². The first-order chi connectivity index (χ1) is 12.6. The first kappa shape index (κ1) is 17.8. The third-order valence-electron chi connectivity index (χ3n) is 3.78. The van der Waals surface area contributed by atoms with Gasteiger partial charge in [-0.3, -0.25) is 14.4 Å². The Labute approximate surface area is 152 Å². The minimum absolute atomic E-state index is 0.00722. The van der Waals surface area contributed by atoms with E-state index in [1.54, 1.807) is 10.8 Å². The number of hydrogen-bond acceptors (Lipinski definition) is 5. The van der Waals surface area contributed by atoms with Crippen molar-refractivity contribution in [2.24, 2.45) is 4.99 Å². The third kappa shape index (κ3) is 4.53. The summed E-state index contributed by atoms with van der Waals surface area (Å²) in [6.07, 6.45) is 3.34. The third-order valence-corrected chi connectivity index (χ3v) is 3.78. The first-order valence-corrected chi connectivity index (χ1v) is 8.76. The van der Waals surface area contributed by atoms with Crippen molar-refractivity contribution >= 4 is 5.91 Å². The van der Waals surface area contributed by atoms with E-state index in [-0.39, 0.29) is 11.9 Å². The standard InChI is InChI=1S/C20H22N4O2/c1-15(2)21-17-11-6-7-14-24(17)19(25)13-8-12-18-22-20(23-26-18)16-9-4-3-5-10-16/h3-7,9-11,14-15H,8,12-13H2,1-2H3. The highest BCUT2D eigenvalue weighted by molar-refractivity contribution is 5.78. The predicted octanol–water partition coefficient (Wildman–Crippen LogP) is 3.51. The van der Waals surface area contributed by atoms with Crippen LogP contribution in [0.5, 0.6) is 0 Å². The molecule has 0 radical (unpaired) electrons. The molecule has 0 unspecified atom stereocenters. The van der Waals surface area contributed by atoms with Crippen LogP contribution in [0.3, 0.4) is 0 Å². The molecule has 3 aromatic rings. The second-order valence-electron chi connectivity index (χ2n) is 6.28. The Balaban J connectivity index is 1.61. The van der Waals surface area contributed by atoms with Crippen LogP contribution >= 0.6 is 0 Å². The number of pyridine rings is 1. The molecular formula is C20H22N4O2. The summed E-state index contributed by atoms with van der Waals surface area (Å²) in [5.41, 5.74) is 1.59. The van der Waals surface area contributed by atoms with Gasteiger partial charge in [0.05, 0.1) is 0 Å². The summed E-state index contributed by atoms with van der Waals surface area (Å²) < 4.78 is 6.89. The summed E-state index contributed by atoms with van der Waals surface area (Å²) >= 11 is 0. The number of carbonyl (C=O) groups excluding carboxylic acids is 1. The van der Waals surface area contributed by atoms with Crippen LogP contribution in [-0.2, 0) is 6.42 Å². The first-order valence-electron chi connectivity index (χ1n) is 8.76. The van der Waals surface area contributed by atoms with Crippen LogP contribution in [0.2, 0.25) is 0 Å². The molecule has 0 N–H and O–H groups in total. The summed E-state index contributed by atoms with van der Waals surface area (Å²) in [5.74, 6) is 1.12. The van der Waals surface area contributed by atoms with E-state index in [0.717, 1.165) is 5.56 Å². The number of aryl methyl sites for hydroxylation is 1. The minimum atomic E-state index is 0.00722. The SMILES string of the molecule is CC(C)N=c1ccccn1C(=O)CCCc1nc(-c2ccccc2)no1. The molecule has 3 rings (SSSR count). The van der Waals surface area contributed by atoms with Crippen molar-refractivity contribution in [3.8, 4) is 11.4 Å². The number of benzene rings is 1. The molecule has 0 amide bonds. The fourth-order valence-electron chi connectivity index (χ4n) is 2.59. The Morgan fingerprint density at radius 2 is 1.92 bits per heavy atom. The van der Waals surface area contributed by atoms with E-state index in [2.05, 4.69) is 15.1 Å². The average Bonchev–Trinajstić information content (AvgIpc) is 3.11. The molecule has 0 spiro atoms. The topological polar surface area (TPSA) is 73.3 Å². The van der Waals surface area contributed by atoms with Crippen molar-refractivity contribution < 1.29 is 9.32 Å². The molecule has 0 aliphatic carbocycles. The molecule has 0 saturated carbocycles. The summed E-state index contributed by atoms with van der Waals surface area (Å²) in [6.45, 7) is 3.98. The van der Waals surface area contributed by atoms with Crippen LogP contribution in [0.4, 0.5) is 0 Å². The summed E-state index contributed by atoms with van der Waals surface area (Å²) in [6, 6.07) is 15.4. The Bertz CT molecular complexity index is 926. The molecule has 1 aromatic carbocycles. The molecule has 0 saturated heterocycles. The van der Waals surface area contributed by atoms with Crippen molar-refractivity contribution in [1.82, 2.24) is 14.7 Å². The van der Waals surface area contributed by atoms with Crippen molar-refractivity contribution in [3.63, 3.8) is 0 Å². The van der Waals surface area contributed by atoms with Gasteiger partial charge in [-0.1, -0.05) is 41.6 Å². The number of hydrogen-bond donors (Lipinski definition) is 0. The maximum Gasteiger partial charge on any atom is 0.232 e. The van der Waals surface area contributed by atoms with Gasteiger partial charge in [0.1, 0.15) is 5.49 Å². The molecule has 6 nitrogen and oxygen atoms in total. The molecular weight excluding hydrogens is 328 g/mol. The van der Waals surface area contributed by atoms with E-state index in [1.165, 1.54) is 0 Å². The Hall–Kier alpha value is -3.02. The zero-order valence-corrected chi connectivity index (χ0v) is 15.0. The van der Waals surface area contributed by atoms with Crippen LogP contribution in [0.25, 0.3) is 11.4 Å². The second kappa shape index (κ2) is 8.38. The molecule has 26 heavy (non-hydrogen) atoms. The van der Waals surface area contributed by atoms with E-state index in [4.69, 9.17) is 4.52 Å². The number of aromatic nitrogens is 3. The zero-order chi connectivity index (χ0) is 18.4. The quantitative estimate of drug-likeness (QED) is 0.682. The highest BCUT2D eigenvalue weighted by Gasteiger charge is 2.10. The summed E-state index contributed by atoms with van der Waals surface area (Å²) in [4.78, 5) is 21.4. The van der Waals surface area contributed by atoms with Crippen LogP contribution in [0, 0.1) is 0 Å². The molecule has 0 fully saturated rings. The molecule has 134 valence electrons. The van der Waals surface area contributed by atoms with E-state index in [1.807, 2.05) is 62.4 Å². The Morgan fingerprint density at radius 1 is 1.15 bits per heavy atom. The molecule has 0 atom stereocenters. The normalized spacial score (nSPS) is 11.9. The Morgan fingerprint density at radius 3 is 2.69 bits per heavy atom. The zero-order valence-electron chi connectivity index (χ0n) is 15.0. The van der Waals surface area contributed by atoms with Crippen LogP contribution in [0.15, 0.2) is 64.2 Å². The van der Waals surface area contributed by atoms with Crippen LogP contribution in [0.1, 0.15) is 37.4 Å². The minimum Gasteiger partial charge on any atom is -0.339 e. The van der Waals surface area contributed by atoms with Gasteiger partial charge in [-0.15, -0.1) is 0 Å². The van der Waals surface area contributed by atoms with E-state index < -0.39 is 0 Å². The molecule has 0 aliphatic rings. The number of nitrogens with zero attached hydrogens (tertiary/aromatic N) is 4. The highest BCUT2D eigenvalue weighted by atomic mass is 16.5. The van der Waals surface area contributed by atoms with Gasteiger partial charge < -0.3 is 4.52 Å². The summed E-state index contributed by atoms with van der Waals surface area (Å²) in [5, 5.41) is 4.00. The lowest BCUT2D eigenvalue weighted by molar-refractivity contribution is 0.0893.